The molecular weight excluding hydrogens is 721 g/mol. The Morgan fingerprint density at radius 3 is 1.40 bits per heavy atom. The molecule has 0 amide bonds. The van der Waals surface area contributed by atoms with Gasteiger partial charge in [0.05, 0.1) is 0 Å². The summed E-state index contributed by atoms with van der Waals surface area (Å²) >= 11 is 0. The van der Waals surface area contributed by atoms with Crippen molar-refractivity contribution in [2.75, 3.05) is 13.2 Å². The van der Waals surface area contributed by atoms with Crippen LogP contribution in [0, 0.1) is 0 Å². The molecule has 0 spiro atoms. The summed E-state index contributed by atoms with van der Waals surface area (Å²) in [6, 6.07) is 0. The molecule has 0 aromatic carbocycles. The summed E-state index contributed by atoms with van der Waals surface area (Å²) < 4.78 is 16.5. The monoisotopic (exact) mass is 799 g/mol. The molecule has 58 heavy (non-hydrogen) atoms. The van der Waals surface area contributed by atoms with E-state index in [2.05, 4.69) is 87.6 Å². The zero-order valence-corrected chi connectivity index (χ0v) is 36.5. The van der Waals surface area contributed by atoms with E-state index in [1.807, 2.05) is 66.8 Å². The molecule has 0 aromatic heterocycles. The van der Waals surface area contributed by atoms with E-state index in [0.717, 1.165) is 77.0 Å². The number of ether oxygens (including phenoxy) is 3. The maximum Gasteiger partial charge on any atom is 0.306 e. The molecule has 0 saturated heterocycles. The van der Waals surface area contributed by atoms with Crippen LogP contribution in [0.5, 0.6) is 0 Å². The van der Waals surface area contributed by atoms with Crippen molar-refractivity contribution < 1.29 is 28.6 Å². The highest BCUT2D eigenvalue weighted by molar-refractivity contribution is 5.71. The minimum Gasteiger partial charge on any atom is -0.462 e. The summed E-state index contributed by atoms with van der Waals surface area (Å²) in [5, 5.41) is 0. The third kappa shape index (κ3) is 42.7. The first-order valence-corrected chi connectivity index (χ1v) is 22.3. The summed E-state index contributed by atoms with van der Waals surface area (Å²) in [6.07, 6.45) is 63.1. The molecule has 6 heteroatoms. The SMILES string of the molecule is CC\C=C/C=C\C=C/C=C\C=C/CCCC(=O)OC(COC(=O)CC/C=C\C/C=C\C/C=C\C/C=C\C/C=C\CC)COC(=O)CCCCCCC/C=C\CCCC. The van der Waals surface area contributed by atoms with Crippen LogP contribution in [0.4, 0.5) is 0 Å². The average molecular weight is 799 g/mol. The molecule has 0 heterocycles. The van der Waals surface area contributed by atoms with Gasteiger partial charge in [0.25, 0.3) is 0 Å². The standard InChI is InChI=1S/C52H78O6/c1-4-7-10-13-16-19-22-24-25-26-28-30-33-36-39-42-45-51(54)57-48-49(47-56-50(53)44-41-38-35-32-29-21-18-15-12-9-6-3)58-52(55)46-43-40-37-34-31-27-23-20-17-14-11-8-5-2/h7-8,10-11,14-20,23-25,27-28,30-31,34,36-37,39,49H,4-6,9,12-13,21-22,26,29,32-33,35,38,40-48H2,1-3H3/b10-7-,11-8-,17-14-,18-15-,19-16-,23-20-,25-24-,30-28-,31-27-,37-34-,39-36-. The van der Waals surface area contributed by atoms with Crippen LogP contribution in [-0.2, 0) is 28.6 Å². The fourth-order valence-electron chi connectivity index (χ4n) is 5.20. The van der Waals surface area contributed by atoms with Gasteiger partial charge in [-0.25, -0.2) is 0 Å². The number of unbranched alkanes of at least 4 members (excludes halogenated alkanes) is 8. The molecule has 0 bridgehead atoms. The van der Waals surface area contributed by atoms with E-state index in [1.165, 1.54) is 19.3 Å². The number of carbonyl (C=O) groups is 3. The van der Waals surface area contributed by atoms with Gasteiger partial charge in [-0.1, -0.05) is 187 Å². The van der Waals surface area contributed by atoms with Gasteiger partial charge >= 0.3 is 17.9 Å². The van der Waals surface area contributed by atoms with E-state index >= 15 is 0 Å². The molecule has 0 aromatic rings. The minimum atomic E-state index is -0.851. The zero-order chi connectivity index (χ0) is 42.3. The van der Waals surface area contributed by atoms with Gasteiger partial charge in [0.15, 0.2) is 6.10 Å². The van der Waals surface area contributed by atoms with Crippen molar-refractivity contribution in [3.63, 3.8) is 0 Å². The lowest BCUT2D eigenvalue weighted by atomic mass is 10.1. The highest BCUT2D eigenvalue weighted by Crippen LogP contribution is 2.10. The molecule has 0 N–H and O–H groups in total. The molecule has 0 aliphatic carbocycles. The fraction of sp³-hybridized carbons (Fsp3) is 0.519. The first-order chi connectivity index (χ1) is 28.5. The van der Waals surface area contributed by atoms with Crippen LogP contribution in [0.25, 0.3) is 0 Å². The third-order valence-corrected chi connectivity index (χ3v) is 8.51. The van der Waals surface area contributed by atoms with Crippen molar-refractivity contribution in [2.45, 2.75) is 162 Å². The maximum absolute atomic E-state index is 12.7. The molecule has 0 fully saturated rings. The van der Waals surface area contributed by atoms with Crippen molar-refractivity contribution in [3.8, 4) is 0 Å². The van der Waals surface area contributed by atoms with Crippen LogP contribution in [0.3, 0.4) is 0 Å². The van der Waals surface area contributed by atoms with Crippen LogP contribution < -0.4 is 0 Å². The molecule has 0 aliphatic heterocycles. The molecular formula is C52H78O6. The van der Waals surface area contributed by atoms with Crippen molar-refractivity contribution in [1.29, 1.82) is 0 Å². The molecule has 0 aliphatic rings. The Kier molecular flexibility index (Phi) is 41.8. The quantitative estimate of drug-likeness (QED) is 0.0205. The van der Waals surface area contributed by atoms with E-state index < -0.39 is 12.1 Å². The van der Waals surface area contributed by atoms with Gasteiger partial charge in [0, 0.05) is 19.3 Å². The largest absolute Gasteiger partial charge is 0.462 e. The normalized spacial score (nSPS) is 13.4. The molecule has 322 valence electrons. The molecule has 6 nitrogen and oxygen atoms in total. The first-order valence-electron chi connectivity index (χ1n) is 22.3. The van der Waals surface area contributed by atoms with E-state index in [1.54, 1.807) is 0 Å². The Morgan fingerprint density at radius 1 is 0.379 bits per heavy atom. The number of rotatable bonds is 37. The van der Waals surface area contributed by atoms with E-state index in [4.69, 9.17) is 14.2 Å². The van der Waals surface area contributed by atoms with Gasteiger partial charge in [0.2, 0.25) is 0 Å². The maximum atomic E-state index is 12.7. The van der Waals surface area contributed by atoms with Gasteiger partial charge in [-0.2, -0.15) is 0 Å². The predicted molar refractivity (Wildman–Crippen MR) is 246 cm³/mol. The summed E-state index contributed by atoms with van der Waals surface area (Å²) in [6.45, 7) is 6.16. The Bertz CT molecular complexity index is 1330. The number of carbonyl (C=O) groups excluding carboxylic acids is 3. The smallest absolute Gasteiger partial charge is 0.306 e. The number of hydrogen-bond acceptors (Lipinski definition) is 6. The van der Waals surface area contributed by atoms with Crippen LogP contribution >= 0.6 is 0 Å². The Hall–Kier alpha value is -4.45. The number of hydrogen-bond donors (Lipinski definition) is 0. The lowest BCUT2D eigenvalue weighted by Gasteiger charge is -2.18. The van der Waals surface area contributed by atoms with Crippen molar-refractivity contribution in [3.05, 3.63) is 134 Å². The lowest BCUT2D eigenvalue weighted by molar-refractivity contribution is -0.166. The van der Waals surface area contributed by atoms with Crippen LogP contribution in [0.2, 0.25) is 0 Å². The van der Waals surface area contributed by atoms with Gasteiger partial charge in [0.1, 0.15) is 13.2 Å². The Labute approximate surface area is 354 Å². The number of esters is 3. The molecule has 1 unspecified atom stereocenters. The highest BCUT2D eigenvalue weighted by Gasteiger charge is 2.19. The lowest BCUT2D eigenvalue weighted by Crippen LogP contribution is -2.30. The van der Waals surface area contributed by atoms with Crippen LogP contribution in [-0.4, -0.2) is 37.2 Å². The van der Waals surface area contributed by atoms with Crippen molar-refractivity contribution in [1.82, 2.24) is 0 Å². The van der Waals surface area contributed by atoms with E-state index in [-0.39, 0.29) is 38.0 Å². The van der Waals surface area contributed by atoms with Crippen LogP contribution in [0.1, 0.15) is 156 Å². The van der Waals surface area contributed by atoms with Crippen molar-refractivity contribution in [2.24, 2.45) is 0 Å². The Balaban J connectivity index is 4.65. The highest BCUT2D eigenvalue weighted by atomic mass is 16.6. The summed E-state index contributed by atoms with van der Waals surface area (Å²) in [5.41, 5.74) is 0. The second-order valence-electron chi connectivity index (χ2n) is 14.0. The Morgan fingerprint density at radius 2 is 0.810 bits per heavy atom. The topological polar surface area (TPSA) is 78.9 Å². The summed E-state index contributed by atoms with van der Waals surface area (Å²) in [5.74, 6) is -1.13. The predicted octanol–water partition coefficient (Wildman–Crippen LogP) is 14.4. The van der Waals surface area contributed by atoms with Crippen LogP contribution in [0.15, 0.2) is 134 Å². The molecule has 0 radical (unpaired) electrons. The molecule has 1 atom stereocenters. The molecule has 0 rings (SSSR count). The second kappa shape index (κ2) is 45.3. The average Bonchev–Trinajstić information content (AvgIpc) is 3.22. The van der Waals surface area contributed by atoms with E-state index in [0.29, 0.717) is 25.7 Å². The van der Waals surface area contributed by atoms with Gasteiger partial charge in [-0.3, -0.25) is 14.4 Å². The molecule has 0 saturated carbocycles. The van der Waals surface area contributed by atoms with Gasteiger partial charge < -0.3 is 14.2 Å². The minimum absolute atomic E-state index is 0.140. The number of allylic oxidation sites excluding steroid dienone is 22. The van der Waals surface area contributed by atoms with Crippen molar-refractivity contribution >= 4 is 17.9 Å². The first kappa shape index (κ1) is 53.5. The second-order valence-corrected chi connectivity index (χ2v) is 14.0. The summed E-state index contributed by atoms with van der Waals surface area (Å²) in [4.78, 5) is 37.7. The zero-order valence-electron chi connectivity index (χ0n) is 36.5. The third-order valence-electron chi connectivity index (χ3n) is 8.51. The van der Waals surface area contributed by atoms with Gasteiger partial charge in [-0.05, 0) is 83.5 Å². The van der Waals surface area contributed by atoms with Gasteiger partial charge in [-0.15, -0.1) is 0 Å². The van der Waals surface area contributed by atoms with E-state index in [9.17, 15) is 14.4 Å². The summed E-state index contributed by atoms with van der Waals surface area (Å²) in [7, 11) is 0. The fourth-order valence-corrected chi connectivity index (χ4v) is 5.20.